The van der Waals surface area contributed by atoms with Crippen molar-refractivity contribution in [2.45, 2.75) is 26.3 Å². The molecule has 0 aliphatic carbocycles. The molecule has 0 aliphatic heterocycles. The van der Waals surface area contributed by atoms with E-state index >= 15 is 0 Å². The van der Waals surface area contributed by atoms with Gasteiger partial charge < -0.3 is 10.4 Å². The monoisotopic (exact) mass is 325 g/mol. The summed E-state index contributed by atoms with van der Waals surface area (Å²) in [7, 11) is 0. The number of carboxylic acid groups (broad SMARTS) is 1. The highest BCUT2D eigenvalue weighted by Gasteiger charge is 2.18. The van der Waals surface area contributed by atoms with Crippen molar-refractivity contribution in [1.82, 2.24) is 5.32 Å². The van der Waals surface area contributed by atoms with E-state index in [0.29, 0.717) is 5.57 Å². The minimum absolute atomic E-state index is 0.148. The quantitative estimate of drug-likeness (QED) is 0.817. The number of carboxylic acids is 1. The fraction of sp³-hybridized carbons (Fsp3) is 0.286. The highest BCUT2D eigenvalue weighted by atomic mass is 79.9. The van der Waals surface area contributed by atoms with E-state index in [0.717, 1.165) is 10.0 Å². The van der Waals surface area contributed by atoms with Gasteiger partial charge in [-0.1, -0.05) is 34.1 Å². The van der Waals surface area contributed by atoms with Gasteiger partial charge in [0.25, 0.3) is 0 Å². The number of rotatable bonds is 5. The molecule has 1 atom stereocenters. The third kappa shape index (κ3) is 4.87. The van der Waals surface area contributed by atoms with Gasteiger partial charge in [-0.25, -0.2) is 0 Å². The number of carbonyl (C=O) groups excluding carboxylic acids is 1. The summed E-state index contributed by atoms with van der Waals surface area (Å²) in [6.07, 6.45) is 1.54. The summed E-state index contributed by atoms with van der Waals surface area (Å²) in [5.41, 5.74) is 1.33. The molecule has 0 aromatic heterocycles. The highest BCUT2D eigenvalue weighted by molar-refractivity contribution is 9.10. The number of carbonyl (C=O) groups is 2. The Morgan fingerprint density at radius 2 is 1.95 bits per heavy atom. The lowest BCUT2D eigenvalue weighted by Crippen LogP contribution is -2.30. The molecule has 19 heavy (non-hydrogen) atoms. The number of benzene rings is 1. The molecule has 0 saturated heterocycles. The molecule has 5 heteroatoms. The molecule has 1 unspecified atom stereocenters. The van der Waals surface area contributed by atoms with Crippen LogP contribution in [0.4, 0.5) is 0 Å². The van der Waals surface area contributed by atoms with E-state index in [9.17, 15) is 9.59 Å². The van der Waals surface area contributed by atoms with Gasteiger partial charge in [-0.05, 0) is 31.5 Å². The number of amides is 1. The Hall–Kier alpha value is -1.62. The Morgan fingerprint density at radius 3 is 2.42 bits per heavy atom. The van der Waals surface area contributed by atoms with Gasteiger partial charge in [-0.15, -0.1) is 0 Å². The molecule has 0 radical (unpaired) electrons. The molecule has 0 aliphatic rings. The second-order valence-electron chi connectivity index (χ2n) is 4.15. The summed E-state index contributed by atoms with van der Waals surface area (Å²) >= 11 is 3.32. The SMILES string of the molecule is CC=C(C)C(=O)NC(CC(=O)O)c1ccc(Br)cc1. The van der Waals surface area contributed by atoms with Crippen LogP contribution in [-0.2, 0) is 9.59 Å². The van der Waals surface area contributed by atoms with Crippen LogP contribution in [-0.4, -0.2) is 17.0 Å². The molecule has 1 amide bonds. The summed E-state index contributed by atoms with van der Waals surface area (Å²) in [6.45, 7) is 3.45. The molecule has 0 fully saturated rings. The average Bonchev–Trinajstić information content (AvgIpc) is 2.37. The van der Waals surface area contributed by atoms with E-state index in [1.807, 2.05) is 12.1 Å². The molecular formula is C14H16BrNO3. The number of nitrogens with one attached hydrogen (secondary N) is 1. The highest BCUT2D eigenvalue weighted by Crippen LogP contribution is 2.20. The van der Waals surface area contributed by atoms with Crippen LogP contribution < -0.4 is 5.32 Å². The zero-order valence-electron chi connectivity index (χ0n) is 10.8. The van der Waals surface area contributed by atoms with E-state index in [-0.39, 0.29) is 12.3 Å². The van der Waals surface area contributed by atoms with Crippen LogP contribution in [0.1, 0.15) is 31.9 Å². The van der Waals surface area contributed by atoms with Crippen LogP contribution >= 0.6 is 15.9 Å². The smallest absolute Gasteiger partial charge is 0.305 e. The molecule has 0 spiro atoms. The topological polar surface area (TPSA) is 66.4 Å². The Labute approximate surface area is 120 Å². The standard InChI is InChI=1S/C14H16BrNO3/c1-3-9(2)14(19)16-12(8-13(17)18)10-4-6-11(15)7-5-10/h3-7,12H,8H2,1-2H3,(H,16,19)(H,17,18). The molecule has 1 aromatic carbocycles. The largest absolute Gasteiger partial charge is 0.481 e. The van der Waals surface area contributed by atoms with E-state index < -0.39 is 12.0 Å². The Kier molecular flexibility index (Phi) is 5.76. The zero-order chi connectivity index (χ0) is 14.4. The van der Waals surface area contributed by atoms with Crippen LogP contribution in [0.5, 0.6) is 0 Å². The van der Waals surface area contributed by atoms with Gasteiger partial charge in [0.2, 0.25) is 5.91 Å². The van der Waals surface area contributed by atoms with Crippen LogP contribution in [0.15, 0.2) is 40.4 Å². The van der Waals surface area contributed by atoms with Gasteiger partial charge in [0.05, 0.1) is 12.5 Å². The van der Waals surface area contributed by atoms with Crippen molar-refractivity contribution in [3.63, 3.8) is 0 Å². The van der Waals surface area contributed by atoms with Crippen LogP contribution in [0.25, 0.3) is 0 Å². The first-order valence-corrected chi connectivity index (χ1v) is 6.64. The van der Waals surface area contributed by atoms with Gasteiger partial charge in [0, 0.05) is 10.0 Å². The minimum Gasteiger partial charge on any atom is -0.481 e. The second-order valence-corrected chi connectivity index (χ2v) is 5.06. The Balaban J connectivity index is 2.92. The van der Waals surface area contributed by atoms with Gasteiger partial charge in [0.1, 0.15) is 0 Å². The first-order valence-electron chi connectivity index (χ1n) is 5.85. The maximum absolute atomic E-state index is 11.8. The minimum atomic E-state index is -0.952. The van der Waals surface area contributed by atoms with Gasteiger partial charge in [0.15, 0.2) is 0 Å². The lowest BCUT2D eigenvalue weighted by Gasteiger charge is -2.17. The molecule has 0 saturated carbocycles. The maximum atomic E-state index is 11.8. The number of hydrogen-bond donors (Lipinski definition) is 2. The van der Waals surface area contributed by atoms with Crippen molar-refractivity contribution in [2.24, 2.45) is 0 Å². The third-order valence-electron chi connectivity index (χ3n) is 2.75. The molecular weight excluding hydrogens is 310 g/mol. The normalized spacial score (nSPS) is 12.9. The summed E-state index contributed by atoms with van der Waals surface area (Å²) < 4.78 is 0.904. The van der Waals surface area contributed by atoms with Crippen molar-refractivity contribution in [2.75, 3.05) is 0 Å². The fourth-order valence-electron chi connectivity index (χ4n) is 1.53. The Bertz CT molecular complexity index is 494. The zero-order valence-corrected chi connectivity index (χ0v) is 12.4. The van der Waals surface area contributed by atoms with Gasteiger partial charge >= 0.3 is 5.97 Å². The second kappa shape index (κ2) is 7.09. The van der Waals surface area contributed by atoms with E-state index in [2.05, 4.69) is 21.2 Å². The molecule has 0 bridgehead atoms. The number of aliphatic carboxylic acids is 1. The predicted molar refractivity (Wildman–Crippen MR) is 76.7 cm³/mol. The van der Waals surface area contributed by atoms with Crippen molar-refractivity contribution < 1.29 is 14.7 Å². The molecule has 1 rings (SSSR count). The van der Waals surface area contributed by atoms with Crippen LogP contribution in [0.3, 0.4) is 0 Å². The molecule has 102 valence electrons. The molecule has 2 N–H and O–H groups in total. The first kappa shape index (κ1) is 15.4. The summed E-state index contributed by atoms with van der Waals surface area (Å²) in [5, 5.41) is 11.7. The molecule has 4 nitrogen and oxygen atoms in total. The number of halogens is 1. The lowest BCUT2D eigenvalue weighted by atomic mass is 10.0. The summed E-state index contributed by atoms with van der Waals surface area (Å²) in [6, 6.07) is 6.69. The van der Waals surface area contributed by atoms with Crippen molar-refractivity contribution >= 4 is 27.8 Å². The van der Waals surface area contributed by atoms with Gasteiger partial charge in [-0.2, -0.15) is 0 Å². The van der Waals surface area contributed by atoms with Crippen molar-refractivity contribution in [3.8, 4) is 0 Å². The molecule has 0 heterocycles. The fourth-order valence-corrected chi connectivity index (χ4v) is 1.79. The van der Waals surface area contributed by atoms with Crippen molar-refractivity contribution in [1.29, 1.82) is 0 Å². The van der Waals surface area contributed by atoms with Crippen LogP contribution in [0.2, 0.25) is 0 Å². The van der Waals surface area contributed by atoms with E-state index in [1.165, 1.54) is 0 Å². The maximum Gasteiger partial charge on any atom is 0.305 e. The van der Waals surface area contributed by atoms with Crippen LogP contribution in [0, 0.1) is 0 Å². The molecule has 1 aromatic rings. The predicted octanol–water partition coefficient (Wildman–Crippen LogP) is 3.05. The number of allylic oxidation sites excluding steroid dienone is 1. The lowest BCUT2D eigenvalue weighted by molar-refractivity contribution is -0.137. The summed E-state index contributed by atoms with van der Waals surface area (Å²) in [5.74, 6) is -1.21. The third-order valence-corrected chi connectivity index (χ3v) is 3.28. The Morgan fingerprint density at radius 1 is 1.37 bits per heavy atom. The summed E-state index contributed by atoms with van der Waals surface area (Å²) in [4.78, 5) is 22.7. The van der Waals surface area contributed by atoms with Gasteiger partial charge in [-0.3, -0.25) is 9.59 Å². The average molecular weight is 326 g/mol. The first-order chi connectivity index (χ1) is 8.93. The number of hydrogen-bond acceptors (Lipinski definition) is 2. The van der Waals surface area contributed by atoms with Crippen molar-refractivity contribution in [3.05, 3.63) is 46.0 Å². The van der Waals surface area contributed by atoms with E-state index in [4.69, 9.17) is 5.11 Å². The van der Waals surface area contributed by atoms with E-state index in [1.54, 1.807) is 32.1 Å².